The molecule has 2 N–H and O–H groups in total. The van der Waals surface area contributed by atoms with E-state index < -0.39 is 5.97 Å². The van der Waals surface area contributed by atoms with Crippen molar-refractivity contribution in [3.05, 3.63) is 53.7 Å². The highest BCUT2D eigenvalue weighted by atomic mass is 16.4. The van der Waals surface area contributed by atoms with E-state index in [1.54, 1.807) is 12.4 Å². The topological polar surface area (TPSA) is 75.4 Å². The molecule has 0 fully saturated rings. The predicted molar refractivity (Wildman–Crippen MR) is 65.2 cm³/mol. The van der Waals surface area contributed by atoms with Crippen LogP contribution in [0.25, 0.3) is 0 Å². The summed E-state index contributed by atoms with van der Waals surface area (Å²) in [7, 11) is 0. The molecule has 0 aliphatic carbocycles. The van der Waals surface area contributed by atoms with Crippen LogP contribution >= 0.6 is 0 Å². The zero-order chi connectivity index (χ0) is 13.0. The minimum absolute atomic E-state index is 0.145. The summed E-state index contributed by atoms with van der Waals surface area (Å²) in [5.41, 5.74) is 1.29. The number of furan rings is 1. The van der Waals surface area contributed by atoms with Crippen LogP contribution in [0, 0.1) is 0 Å². The van der Waals surface area contributed by atoms with Crippen LogP contribution in [0.2, 0.25) is 0 Å². The smallest absolute Gasteiger partial charge is 0.338 e. The fourth-order valence-corrected chi connectivity index (χ4v) is 1.61. The molecule has 0 radical (unpaired) electrons. The summed E-state index contributed by atoms with van der Waals surface area (Å²) in [6.45, 7) is 2.51. The third-order valence-corrected chi connectivity index (χ3v) is 2.69. The van der Waals surface area contributed by atoms with Crippen molar-refractivity contribution < 1.29 is 14.3 Å². The number of pyridine rings is 1. The first-order valence-corrected chi connectivity index (χ1v) is 5.61. The van der Waals surface area contributed by atoms with Gasteiger partial charge in [0.1, 0.15) is 12.0 Å². The molecule has 1 unspecified atom stereocenters. The van der Waals surface area contributed by atoms with E-state index in [2.05, 4.69) is 10.3 Å². The number of nitrogens with one attached hydrogen (secondary N) is 1. The number of hydrogen-bond donors (Lipinski definition) is 2. The van der Waals surface area contributed by atoms with Gasteiger partial charge in [0, 0.05) is 18.4 Å². The molecule has 2 heterocycles. The van der Waals surface area contributed by atoms with E-state index in [4.69, 9.17) is 9.52 Å². The van der Waals surface area contributed by atoms with E-state index in [0.717, 1.165) is 5.56 Å². The van der Waals surface area contributed by atoms with Crippen LogP contribution in [0.4, 0.5) is 0 Å². The van der Waals surface area contributed by atoms with Gasteiger partial charge in [0.15, 0.2) is 0 Å². The fourth-order valence-electron chi connectivity index (χ4n) is 1.61. The number of aromatic nitrogens is 1. The Morgan fingerprint density at radius 1 is 1.50 bits per heavy atom. The lowest BCUT2D eigenvalue weighted by Crippen LogP contribution is -2.17. The van der Waals surface area contributed by atoms with E-state index in [1.807, 2.05) is 19.1 Å². The minimum atomic E-state index is -0.979. The van der Waals surface area contributed by atoms with Crippen molar-refractivity contribution in [2.45, 2.75) is 19.5 Å². The Morgan fingerprint density at radius 3 is 2.83 bits per heavy atom. The second-order valence-electron chi connectivity index (χ2n) is 3.99. The molecule has 0 amide bonds. The maximum Gasteiger partial charge on any atom is 0.338 e. The van der Waals surface area contributed by atoms with E-state index in [-0.39, 0.29) is 11.6 Å². The minimum Gasteiger partial charge on any atom is -0.478 e. The largest absolute Gasteiger partial charge is 0.478 e. The van der Waals surface area contributed by atoms with Crippen molar-refractivity contribution in [3.63, 3.8) is 0 Å². The number of aromatic carboxylic acids is 1. The second-order valence-corrected chi connectivity index (χ2v) is 3.99. The van der Waals surface area contributed by atoms with Gasteiger partial charge >= 0.3 is 5.97 Å². The van der Waals surface area contributed by atoms with E-state index in [1.165, 1.54) is 12.3 Å². The summed E-state index contributed by atoms with van der Waals surface area (Å²) in [5, 5.41) is 12.0. The third kappa shape index (κ3) is 2.95. The van der Waals surface area contributed by atoms with Crippen LogP contribution in [0.5, 0.6) is 0 Å². The maximum absolute atomic E-state index is 10.7. The first-order chi connectivity index (χ1) is 8.66. The molecular formula is C13H14N2O3. The van der Waals surface area contributed by atoms with Crippen LogP contribution in [0.1, 0.15) is 34.6 Å². The average molecular weight is 246 g/mol. The van der Waals surface area contributed by atoms with Gasteiger partial charge in [-0.15, -0.1) is 0 Å². The zero-order valence-corrected chi connectivity index (χ0v) is 9.96. The molecule has 0 bridgehead atoms. The van der Waals surface area contributed by atoms with Gasteiger partial charge in [-0.3, -0.25) is 4.98 Å². The van der Waals surface area contributed by atoms with Crippen molar-refractivity contribution in [3.8, 4) is 0 Å². The van der Waals surface area contributed by atoms with Gasteiger partial charge < -0.3 is 14.8 Å². The Hall–Kier alpha value is -2.14. The normalized spacial score (nSPS) is 12.3. The number of rotatable bonds is 5. The van der Waals surface area contributed by atoms with Crippen LogP contribution in [0.15, 0.2) is 41.3 Å². The number of hydrogen-bond acceptors (Lipinski definition) is 4. The summed E-state index contributed by atoms with van der Waals surface area (Å²) >= 11 is 0. The van der Waals surface area contributed by atoms with Gasteiger partial charge in [-0.05, 0) is 30.7 Å². The number of carboxylic acid groups (broad SMARTS) is 1. The molecule has 5 heteroatoms. The van der Waals surface area contributed by atoms with Crippen LogP contribution in [0.3, 0.4) is 0 Å². The van der Waals surface area contributed by atoms with Crippen molar-refractivity contribution in [2.24, 2.45) is 0 Å². The molecule has 94 valence electrons. The molecule has 2 rings (SSSR count). The Kier molecular flexibility index (Phi) is 3.74. The lowest BCUT2D eigenvalue weighted by molar-refractivity contribution is 0.0696. The summed E-state index contributed by atoms with van der Waals surface area (Å²) in [5.74, 6) is -0.375. The van der Waals surface area contributed by atoms with E-state index in [0.29, 0.717) is 12.3 Å². The molecule has 0 saturated carbocycles. The molecule has 2 aromatic heterocycles. The number of carboxylic acids is 1. The average Bonchev–Trinajstić information content (AvgIpc) is 2.86. The fraction of sp³-hybridized carbons (Fsp3) is 0.231. The quantitative estimate of drug-likeness (QED) is 0.846. The summed E-state index contributed by atoms with van der Waals surface area (Å²) in [6.07, 6.45) is 4.72. The summed E-state index contributed by atoms with van der Waals surface area (Å²) < 4.78 is 5.16. The standard InChI is InChI=1S/C13H14N2O3/c1-9(10-2-4-14-5-3-10)15-7-12-6-11(8-18-12)13(16)17/h2-6,8-9,15H,7H2,1H3,(H,16,17). The molecule has 0 aliphatic rings. The highest BCUT2D eigenvalue weighted by molar-refractivity contribution is 5.87. The van der Waals surface area contributed by atoms with Crippen molar-refractivity contribution >= 4 is 5.97 Å². The Labute approximate surface area is 104 Å². The van der Waals surface area contributed by atoms with Crippen LogP contribution in [-0.2, 0) is 6.54 Å². The molecule has 0 aliphatic heterocycles. The van der Waals surface area contributed by atoms with Crippen LogP contribution < -0.4 is 5.32 Å². The zero-order valence-electron chi connectivity index (χ0n) is 9.96. The number of carbonyl (C=O) groups is 1. The second kappa shape index (κ2) is 5.46. The predicted octanol–water partition coefficient (Wildman–Crippen LogP) is 2.22. The molecular weight excluding hydrogens is 232 g/mol. The molecule has 5 nitrogen and oxygen atoms in total. The van der Waals surface area contributed by atoms with Gasteiger partial charge in [-0.1, -0.05) is 0 Å². The summed E-state index contributed by atoms with van der Waals surface area (Å²) in [6, 6.07) is 5.53. The molecule has 18 heavy (non-hydrogen) atoms. The van der Waals surface area contributed by atoms with Gasteiger partial charge in [-0.2, -0.15) is 0 Å². The Balaban J connectivity index is 1.93. The lowest BCUT2D eigenvalue weighted by Gasteiger charge is -2.12. The van der Waals surface area contributed by atoms with Crippen LogP contribution in [-0.4, -0.2) is 16.1 Å². The maximum atomic E-state index is 10.7. The lowest BCUT2D eigenvalue weighted by atomic mass is 10.1. The molecule has 1 atom stereocenters. The SMILES string of the molecule is CC(NCc1cc(C(=O)O)co1)c1ccncc1. The van der Waals surface area contributed by atoms with Crippen molar-refractivity contribution in [2.75, 3.05) is 0 Å². The molecule has 0 aromatic carbocycles. The number of nitrogens with zero attached hydrogens (tertiary/aromatic N) is 1. The van der Waals surface area contributed by atoms with Gasteiger partial charge in [0.25, 0.3) is 0 Å². The monoisotopic (exact) mass is 246 g/mol. The Bertz CT molecular complexity index is 522. The molecule has 0 saturated heterocycles. The van der Waals surface area contributed by atoms with Gasteiger partial charge in [-0.25, -0.2) is 4.79 Å². The van der Waals surface area contributed by atoms with Crippen molar-refractivity contribution in [1.82, 2.24) is 10.3 Å². The van der Waals surface area contributed by atoms with Gasteiger partial charge in [0.2, 0.25) is 0 Å². The Morgan fingerprint density at radius 2 is 2.22 bits per heavy atom. The molecule has 2 aromatic rings. The highest BCUT2D eigenvalue weighted by Crippen LogP contribution is 2.13. The molecule has 0 spiro atoms. The van der Waals surface area contributed by atoms with Crippen molar-refractivity contribution in [1.29, 1.82) is 0 Å². The van der Waals surface area contributed by atoms with E-state index >= 15 is 0 Å². The third-order valence-electron chi connectivity index (χ3n) is 2.69. The highest BCUT2D eigenvalue weighted by Gasteiger charge is 2.09. The first kappa shape index (κ1) is 12.3. The first-order valence-electron chi connectivity index (χ1n) is 5.61. The van der Waals surface area contributed by atoms with Gasteiger partial charge in [0.05, 0.1) is 12.1 Å². The van der Waals surface area contributed by atoms with E-state index in [9.17, 15) is 4.79 Å². The summed E-state index contributed by atoms with van der Waals surface area (Å²) in [4.78, 5) is 14.6.